The van der Waals surface area contributed by atoms with Gasteiger partial charge in [-0.25, -0.2) is 0 Å². The molecule has 0 nitrogen and oxygen atoms in total. The van der Waals surface area contributed by atoms with Crippen molar-refractivity contribution >= 4 is 73.7 Å². The molecule has 54 valence electrons. The van der Waals surface area contributed by atoms with Gasteiger partial charge in [0.1, 0.15) is 0 Å². The Bertz CT molecular complexity index is 80.3. The second kappa shape index (κ2) is 5.18. The summed E-state index contributed by atoms with van der Waals surface area (Å²) in [5, 5.41) is 0. The lowest BCUT2D eigenvalue weighted by atomic mass is 10.6. The van der Waals surface area contributed by atoms with E-state index in [0.717, 1.165) is 8.51 Å². The van der Waals surface area contributed by atoms with Crippen LogP contribution in [0.25, 0.3) is 0 Å². The fourth-order valence-electron chi connectivity index (χ4n) is 0.290. The molecule has 1 fully saturated rings. The predicted molar refractivity (Wildman–Crippen MR) is 65.2 cm³/mol. The molecule has 0 N–H and O–H groups in total. The molecule has 0 amide bonds. The Morgan fingerprint density at radius 1 is 1.22 bits per heavy atom. The van der Waals surface area contributed by atoms with Crippen molar-refractivity contribution in [1.82, 2.24) is 0 Å². The van der Waals surface area contributed by atoms with Crippen LogP contribution < -0.4 is 0 Å². The fraction of sp³-hybridized carbons (Fsp3) is 1.00. The van der Waals surface area contributed by atoms with E-state index >= 15 is 0 Å². The van der Waals surface area contributed by atoms with Gasteiger partial charge in [-0.2, -0.15) is 0 Å². The van der Waals surface area contributed by atoms with Crippen LogP contribution in [0.5, 0.6) is 0 Å². The minimum Gasteiger partial charge on any atom is -0.0807 e. The van der Waals surface area contributed by atoms with Gasteiger partial charge in [-0.3, -0.25) is 0 Å². The fourth-order valence-corrected chi connectivity index (χ4v) is 14.0. The zero-order valence-electron chi connectivity index (χ0n) is 4.57. The van der Waals surface area contributed by atoms with Gasteiger partial charge in [0.25, 0.3) is 0 Å². The smallest absolute Gasteiger partial charge is 0.0807 e. The molecule has 1 saturated heterocycles. The van der Waals surface area contributed by atoms with Crippen molar-refractivity contribution in [1.29, 1.82) is 0 Å². The molecule has 1 unspecified atom stereocenters. The molecule has 0 aliphatic carbocycles. The largest absolute Gasteiger partial charge is 0.0841 e. The first-order valence-corrected chi connectivity index (χ1v) is 9.79. The molecule has 1 heterocycles. The Balaban J connectivity index is 2.23. The van der Waals surface area contributed by atoms with E-state index in [-0.39, 0.29) is 0 Å². The topological polar surface area (TPSA) is 0 Å². The first kappa shape index (κ1) is 9.57. The summed E-state index contributed by atoms with van der Waals surface area (Å²) in [5.41, 5.74) is 0. The highest BCUT2D eigenvalue weighted by molar-refractivity contribution is 14.1. The second-order valence-electron chi connectivity index (χ2n) is 1.44. The molecular formula is C3H5IS5. The van der Waals surface area contributed by atoms with Crippen molar-refractivity contribution in [2.75, 3.05) is 0 Å². The van der Waals surface area contributed by atoms with E-state index < -0.39 is 0 Å². The summed E-state index contributed by atoms with van der Waals surface area (Å²) in [7, 11) is 9.65. The van der Waals surface area contributed by atoms with Crippen molar-refractivity contribution in [3.63, 3.8) is 0 Å². The van der Waals surface area contributed by atoms with Gasteiger partial charge in [-0.05, 0) is 29.5 Å². The summed E-state index contributed by atoms with van der Waals surface area (Å²) in [6, 6.07) is 0. The van der Waals surface area contributed by atoms with Gasteiger partial charge in [-0.15, -0.1) is 0 Å². The molecule has 1 rings (SSSR count). The Morgan fingerprint density at radius 2 is 1.78 bits per heavy atom. The normalized spacial score (nSPS) is 26.0. The Hall–Kier alpha value is 2.48. The van der Waals surface area contributed by atoms with Crippen molar-refractivity contribution in [3.8, 4) is 0 Å². The van der Waals surface area contributed by atoms with Crippen LogP contribution in [0.1, 0.15) is 6.92 Å². The molecule has 0 saturated carbocycles. The van der Waals surface area contributed by atoms with Gasteiger partial charge in [-0.1, -0.05) is 51.1 Å². The van der Waals surface area contributed by atoms with Crippen molar-refractivity contribution in [2.24, 2.45) is 0 Å². The highest BCUT2D eigenvalue weighted by Gasteiger charge is 2.20. The zero-order chi connectivity index (χ0) is 6.69. The average molecular weight is 328 g/mol. The Kier molecular flexibility index (Phi) is 5.51. The first-order valence-electron chi connectivity index (χ1n) is 2.27. The van der Waals surface area contributed by atoms with Gasteiger partial charge in [0.15, 0.2) is 0 Å². The molecule has 0 bridgehead atoms. The van der Waals surface area contributed by atoms with Crippen LogP contribution in [0.2, 0.25) is 0 Å². The molecule has 0 aromatic rings. The number of rotatable bonds is 1. The lowest BCUT2D eigenvalue weighted by Gasteiger charge is -2.19. The molecule has 0 spiro atoms. The van der Waals surface area contributed by atoms with E-state index in [0.29, 0.717) is 0 Å². The van der Waals surface area contributed by atoms with E-state index in [9.17, 15) is 0 Å². The van der Waals surface area contributed by atoms with E-state index in [4.69, 9.17) is 0 Å². The summed E-state index contributed by atoms with van der Waals surface area (Å²) >= 11 is 2.48. The van der Waals surface area contributed by atoms with Crippen LogP contribution >= 0.6 is 73.7 Å². The summed E-state index contributed by atoms with van der Waals surface area (Å²) in [6.07, 6.45) is 0. The maximum absolute atomic E-state index is 2.48. The van der Waals surface area contributed by atoms with Crippen LogP contribution in [0.3, 0.4) is 0 Å². The van der Waals surface area contributed by atoms with Crippen LogP contribution in [-0.4, -0.2) is 8.51 Å². The number of halogens is 1. The summed E-state index contributed by atoms with van der Waals surface area (Å²) in [6.45, 7) is 2.27. The molecule has 0 radical (unpaired) electrons. The minimum atomic E-state index is 0.776. The van der Waals surface area contributed by atoms with E-state index in [1.54, 1.807) is 0 Å². The molecule has 1 atom stereocenters. The summed E-state index contributed by atoms with van der Waals surface area (Å²) < 4.78 is 1.56. The Morgan fingerprint density at radius 3 is 2.11 bits per heavy atom. The van der Waals surface area contributed by atoms with E-state index in [1.807, 2.05) is 51.1 Å². The van der Waals surface area contributed by atoms with Crippen LogP contribution in [-0.2, 0) is 0 Å². The minimum absolute atomic E-state index is 0.776. The predicted octanol–water partition coefficient (Wildman–Crippen LogP) is 4.48. The SMILES string of the molecule is CC(I)C1SSSSS1. The first-order chi connectivity index (χ1) is 4.30. The third-order valence-corrected chi connectivity index (χ3v) is 12.6. The molecule has 0 aromatic carbocycles. The lowest BCUT2D eigenvalue weighted by Crippen LogP contribution is -2.06. The maximum Gasteiger partial charge on any atom is 0.0841 e. The van der Waals surface area contributed by atoms with Crippen molar-refractivity contribution in [3.05, 3.63) is 0 Å². The van der Waals surface area contributed by atoms with Crippen LogP contribution in [0, 0.1) is 0 Å². The molecule has 9 heavy (non-hydrogen) atoms. The van der Waals surface area contributed by atoms with Crippen molar-refractivity contribution in [2.45, 2.75) is 15.4 Å². The molecule has 6 heteroatoms. The lowest BCUT2D eigenvalue weighted by molar-refractivity contribution is 1.14. The monoisotopic (exact) mass is 328 g/mol. The Labute approximate surface area is 87.9 Å². The van der Waals surface area contributed by atoms with Crippen LogP contribution in [0.15, 0.2) is 0 Å². The molecule has 1 aliphatic rings. The third-order valence-electron chi connectivity index (χ3n) is 0.699. The van der Waals surface area contributed by atoms with Gasteiger partial charge in [0.2, 0.25) is 0 Å². The van der Waals surface area contributed by atoms with Gasteiger partial charge >= 0.3 is 0 Å². The number of hydrogen-bond donors (Lipinski definition) is 0. The van der Waals surface area contributed by atoms with Crippen LogP contribution in [0.4, 0.5) is 0 Å². The highest BCUT2D eigenvalue weighted by Crippen LogP contribution is 2.61. The quantitative estimate of drug-likeness (QED) is 0.394. The number of alkyl halides is 1. The van der Waals surface area contributed by atoms with Gasteiger partial charge in [0.05, 0.1) is 4.58 Å². The zero-order valence-corrected chi connectivity index (χ0v) is 10.8. The molecular weight excluding hydrogens is 323 g/mol. The average Bonchev–Trinajstić information content (AvgIpc) is 1.90. The molecule has 0 aromatic heterocycles. The highest BCUT2D eigenvalue weighted by atomic mass is 127. The summed E-state index contributed by atoms with van der Waals surface area (Å²) in [4.78, 5) is 0. The van der Waals surface area contributed by atoms with E-state index in [2.05, 4.69) is 29.5 Å². The maximum atomic E-state index is 2.48. The van der Waals surface area contributed by atoms with Gasteiger partial charge < -0.3 is 0 Å². The van der Waals surface area contributed by atoms with E-state index in [1.165, 1.54) is 0 Å². The second-order valence-corrected chi connectivity index (χ2v) is 11.6. The molecule has 1 aliphatic heterocycles. The third kappa shape index (κ3) is 3.59. The standard InChI is InChI=1S/C3H5IS5/c1-2(4)3-5-7-9-8-6-3/h2-3H,1H3. The number of hydrogen-bond acceptors (Lipinski definition) is 5. The van der Waals surface area contributed by atoms with Crippen molar-refractivity contribution < 1.29 is 0 Å². The summed E-state index contributed by atoms with van der Waals surface area (Å²) in [5.74, 6) is 0. The van der Waals surface area contributed by atoms with Gasteiger partial charge in [0, 0.05) is 3.92 Å².